The smallest absolute Gasteiger partial charge is 0.229 e. The highest BCUT2D eigenvalue weighted by Gasteiger charge is 2.09. The molecule has 5 N–H and O–H groups in total. The third-order valence-electron chi connectivity index (χ3n) is 3.61. The summed E-state index contributed by atoms with van der Waals surface area (Å²) in [5, 5.41) is 15.4. The van der Waals surface area contributed by atoms with E-state index in [1.54, 1.807) is 37.4 Å². The molecule has 0 spiro atoms. The Balaban J connectivity index is 1.70. The van der Waals surface area contributed by atoms with E-state index in [0.717, 1.165) is 6.20 Å². The highest BCUT2D eigenvalue weighted by Crippen LogP contribution is 2.26. The van der Waals surface area contributed by atoms with Crippen LogP contribution in [-0.4, -0.2) is 35.4 Å². The van der Waals surface area contributed by atoms with Gasteiger partial charge in [0.1, 0.15) is 18.1 Å². The molecule has 0 amide bonds. The molecule has 146 valence electrons. The lowest BCUT2D eigenvalue weighted by atomic mass is 10.2. The Morgan fingerprint density at radius 1 is 1.07 bits per heavy atom. The Morgan fingerprint density at radius 3 is 2.57 bits per heavy atom. The van der Waals surface area contributed by atoms with Crippen molar-refractivity contribution in [2.24, 2.45) is 0 Å². The maximum Gasteiger partial charge on any atom is 0.229 e. The highest BCUT2D eigenvalue weighted by molar-refractivity contribution is 5.65. The largest absolute Gasteiger partial charge is 0.508 e. The molecule has 0 saturated heterocycles. The molecule has 0 bridgehead atoms. The monoisotopic (exact) mass is 385 g/mol. The fourth-order valence-electron chi connectivity index (χ4n) is 2.36. The SMILES string of the molecule is COCCOc1ccc(Nc2ncc(F)c(Nc3cc(N)cc(O)c3)n2)cc1. The molecular formula is C19H20FN5O3. The van der Waals surface area contributed by atoms with Crippen LogP contribution in [-0.2, 0) is 4.74 Å². The van der Waals surface area contributed by atoms with E-state index in [4.69, 9.17) is 15.2 Å². The van der Waals surface area contributed by atoms with Crippen LogP contribution in [0.2, 0.25) is 0 Å². The lowest BCUT2D eigenvalue weighted by Gasteiger charge is -2.11. The zero-order valence-electron chi connectivity index (χ0n) is 15.1. The normalized spacial score (nSPS) is 10.5. The molecule has 3 aromatic rings. The van der Waals surface area contributed by atoms with Crippen LogP contribution in [0.15, 0.2) is 48.7 Å². The third kappa shape index (κ3) is 5.21. The molecule has 1 aromatic heterocycles. The number of hydrogen-bond donors (Lipinski definition) is 4. The van der Waals surface area contributed by atoms with Crippen LogP contribution in [0.4, 0.5) is 33.2 Å². The number of ether oxygens (including phenoxy) is 2. The van der Waals surface area contributed by atoms with Gasteiger partial charge in [0.2, 0.25) is 5.95 Å². The number of nitrogens with two attached hydrogens (primary N) is 1. The van der Waals surface area contributed by atoms with Crippen molar-refractivity contribution in [3.63, 3.8) is 0 Å². The average Bonchev–Trinajstić information content (AvgIpc) is 2.65. The van der Waals surface area contributed by atoms with Crippen LogP contribution in [0.3, 0.4) is 0 Å². The predicted octanol–water partition coefficient (Wildman–Crippen LogP) is 3.42. The number of methoxy groups -OCH3 is 1. The lowest BCUT2D eigenvalue weighted by molar-refractivity contribution is 0.146. The van der Waals surface area contributed by atoms with Gasteiger partial charge >= 0.3 is 0 Å². The summed E-state index contributed by atoms with van der Waals surface area (Å²) in [6, 6.07) is 11.5. The van der Waals surface area contributed by atoms with Crippen molar-refractivity contribution in [2.45, 2.75) is 0 Å². The number of nitrogens with zero attached hydrogens (tertiary/aromatic N) is 2. The summed E-state index contributed by atoms with van der Waals surface area (Å²) < 4.78 is 24.5. The number of benzene rings is 2. The van der Waals surface area contributed by atoms with Crippen LogP contribution in [0.25, 0.3) is 0 Å². The summed E-state index contributed by atoms with van der Waals surface area (Å²) >= 11 is 0. The minimum Gasteiger partial charge on any atom is -0.508 e. The van der Waals surface area contributed by atoms with Crippen LogP contribution >= 0.6 is 0 Å². The Hall–Kier alpha value is -3.59. The first-order valence-corrected chi connectivity index (χ1v) is 8.41. The minimum absolute atomic E-state index is 0.0388. The number of hydrogen-bond acceptors (Lipinski definition) is 8. The number of phenols is 1. The zero-order chi connectivity index (χ0) is 19.9. The van der Waals surface area contributed by atoms with E-state index in [1.807, 2.05) is 0 Å². The second kappa shape index (κ2) is 8.87. The first kappa shape index (κ1) is 19.2. The number of rotatable bonds is 8. The Morgan fingerprint density at radius 2 is 1.86 bits per heavy atom. The highest BCUT2D eigenvalue weighted by atomic mass is 19.1. The van der Waals surface area contributed by atoms with E-state index >= 15 is 0 Å². The molecule has 0 saturated carbocycles. The average molecular weight is 385 g/mol. The Kier molecular flexibility index (Phi) is 6.07. The number of aromatic nitrogens is 2. The molecule has 3 rings (SSSR count). The maximum atomic E-state index is 14.1. The third-order valence-corrected chi connectivity index (χ3v) is 3.61. The van der Waals surface area contributed by atoms with Gasteiger partial charge in [0, 0.05) is 36.3 Å². The molecule has 28 heavy (non-hydrogen) atoms. The van der Waals surface area contributed by atoms with Crippen molar-refractivity contribution < 1.29 is 19.0 Å². The van der Waals surface area contributed by atoms with Gasteiger partial charge in [0.05, 0.1) is 12.8 Å². The first-order chi connectivity index (χ1) is 13.5. The molecule has 2 aromatic carbocycles. The number of nitrogens with one attached hydrogen (secondary N) is 2. The molecule has 0 aliphatic carbocycles. The fourth-order valence-corrected chi connectivity index (χ4v) is 2.36. The molecule has 1 heterocycles. The van der Waals surface area contributed by atoms with E-state index in [0.29, 0.717) is 36.0 Å². The van der Waals surface area contributed by atoms with Crippen molar-refractivity contribution in [3.8, 4) is 11.5 Å². The molecule has 8 nitrogen and oxygen atoms in total. The van der Waals surface area contributed by atoms with Crippen molar-refractivity contribution >= 4 is 28.8 Å². The predicted molar refractivity (Wildman–Crippen MR) is 105 cm³/mol. The van der Waals surface area contributed by atoms with Gasteiger partial charge in [0.25, 0.3) is 0 Å². The summed E-state index contributed by atoms with van der Waals surface area (Å²) in [4.78, 5) is 8.06. The number of aromatic hydroxyl groups is 1. The Labute approximate surface area is 161 Å². The molecule has 0 aliphatic rings. The van der Waals surface area contributed by atoms with Gasteiger partial charge in [0.15, 0.2) is 11.6 Å². The van der Waals surface area contributed by atoms with Crippen LogP contribution in [0.1, 0.15) is 0 Å². The number of nitrogen functional groups attached to an aromatic ring is 1. The van der Waals surface area contributed by atoms with Gasteiger partial charge in [-0.1, -0.05) is 0 Å². The summed E-state index contributed by atoms with van der Waals surface area (Å²) in [6.45, 7) is 0.961. The maximum absolute atomic E-state index is 14.1. The molecule has 0 fully saturated rings. The van der Waals surface area contributed by atoms with E-state index < -0.39 is 5.82 Å². The number of anilines is 5. The van der Waals surface area contributed by atoms with E-state index in [1.165, 1.54) is 12.1 Å². The van der Waals surface area contributed by atoms with Crippen molar-refractivity contribution in [1.82, 2.24) is 9.97 Å². The summed E-state index contributed by atoms with van der Waals surface area (Å²) in [6.07, 6.45) is 1.05. The second-order valence-electron chi connectivity index (χ2n) is 5.82. The van der Waals surface area contributed by atoms with Crippen LogP contribution < -0.4 is 21.1 Å². The lowest BCUT2D eigenvalue weighted by Crippen LogP contribution is -2.05. The standard InChI is InChI=1S/C19H20FN5O3/c1-27-6-7-28-16-4-2-13(3-5-16)24-19-22-11-17(20)18(25-19)23-14-8-12(21)9-15(26)10-14/h2-5,8-11,26H,6-7,21H2,1H3,(H2,22,23,24,25). The van der Waals surface area contributed by atoms with E-state index in [9.17, 15) is 9.50 Å². The van der Waals surface area contributed by atoms with Gasteiger partial charge in [-0.25, -0.2) is 9.37 Å². The summed E-state index contributed by atoms with van der Waals surface area (Å²) in [5.41, 5.74) is 7.12. The van der Waals surface area contributed by atoms with Gasteiger partial charge in [-0.3, -0.25) is 0 Å². The zero-order valence-corrected chi connectivity index (χ0v) is 15.1. The molecular weight excluding hydrogens is 365 g/mol. The van der Waals surface area contributed by atoms with Crippen molar-refractivity contribution in [2.75, 3.05) is 36.7 Å². The van der Waals surface area contributed by atoms with Gasteiger partial charge in [-0.15, -0.1) is 0 Å². The topological polar surface area (TPSA) is 115 Å². The summed E-state index contributed by atoms with van der Waals surface area (Å²) in [7, 11) is 1.61. The summed E-state index contributed by atoms with van der Waals surface area (Å²) in [5.74, 6) is 0.163. The number of phenolic OH excluding ortho intramolecular Hbond substituents is 1. The van der Waals surface area contributed by atoms with E-state index in [-0.39, 0.29) is 17.5 Å². The quantitative estimate of drug-likeness (QED) is 0.344. The fraction of sp³-hybridized carbons (Fsp3) is 0.158. The molecule has 0 aliphatic heterocycles. The van der Waals surface area contributed by atoms with Crippen molar-refractivity contribution in [3.05, 3.63) is 54.5 Å². The van der Waals surface area contributed by atoms with Crippen LogP contribution in [0, 0.1) is 5.82 Å². The van der Waals surface area contributed by atoms with Crippen LogP contribution in [0.5, 0.6) is 11.5 Å². The van der Waals surface area contributed by atoms with Gasteiger partial charge in [-0.2, -0.15) is 4.98 Å². The second-order valence-corrected chi connectivity index (χ2v) is 5.82. The Bertz CT molecular complexity index is 917. The van der Waals surface area contributed by atoms with Gasteiger partial charge in [-0.05, 0) is 30.3 Å². The van der Waals surface area contributed by atoms with Gasteiger partial charge < -0.3 is 30.9 Å². The molecule has 9 heteroatoms. The molecule has 0 unspecified atom stereocenters. The number of halogens is 1. The van der Waals surface area contributed by atoms with Crippen molar-refractivity contribution in [1.29, 1.82) is 0 Å². The van der Waals surface area contributed by atoms with E-state index in [2.05, 4.69) is 20.6 Å². The first-order valence-electron chi connectivity index (χ1n) is 8.41. The molecule has 0 atom stereocenters. The minimum atomic E-state index is -0.644. The molecule has 0 radical (unpaired) electrons.